The van der Waals surface area contributed by atoms with Gasteiger partial charge in [0, 0.05) is 18.0 Å². The molecule has 1 aromatic heterocycles. The first-order valence-corrected chi connectivity index (χ1v) is 13.6. The van der Waals surface area contributed by atoms with E-state index in [2.05, 4.69) is 0 Å². The molecule has 0 aliphatic carbocycles. The van der Waals surface area contributed by atoms with Crippen LogP contribution in [-0.4, -0.2) is 34.7 Å². The average Bonchev–Trinajstić information content (AvgIpc) is 3.03. The lowest BCUT2D eigenvalue weighted by Gasteiger charge is -2.44. The van der Waals surface area contributed by atoms with Crippen molar-refractivity contribution in [2.75, 3.05) is 9.80 Å². The summed E-state index contributed by atoms with van der Waals surface area (Å²) in [4.78, 5) is 59.8. The molecule has 4 aromatic rings. The van der Waals surface area contributed by atoms with Gasteiger partial charge in [-0.25, -0.2) is 9.59 Å². The van der Waals surface area contributed by atoms with Gasteiger partial charge in [-0.2, -0.15) is 9.47 Å². The fourth-order valence-electron chi connectivity index (χ4n) is 5.87. The number of benzene rings is 3. The normalized spacial score (nSPS) is 21.4. The number of pyridine rings is 1. The van der Waals surface area contributed by atoms with E-state index in [-0.39, 0.29) is 23.6 Å². The predicted molar refractivity (Wildman–Crippen MR) is 156 cm³/mol. The van der Waals surface area contributed by atoms with Crippen molar-refractivity contribution in [2.45, 2.75) is 18.0 Å². The summed E-state index contributed by atoms with van der Waals surface area (Å²) < 4.78 is 1.48. The molecular formula is C34H25N4O4+. The lowest BCUT2D eigenvalue weighted by atomic mass is 9.88. The smallest absolute Gasteiger partial charge is 0.293 e. The van der Waals surface area contributed by atoms with Crippen LogP contribution >= 0.6 is 0 Å². The summed E-state index contributed by atoms with van der Waals surface area (Å²) in [6.45, 7) is 0. The molecule has 3 unspecified atom stereocenters. The first-order chi connectivity index (χ1) is 20.5. The number of amides is 3. The van der Waals surface area contributed by atoms with E-state index in [9.17, 15) is 19.2 Å². The van der Waals surface area contributed by atoms with Gasteiger partial charge in [-0.1, -0.05) is 72.8 Å². The Morgan fingerprint density at radius 1 is 0.571 bits per heavy atom. The Morgan fingerprint density at radius 3 is 1.88 bits per heavy atom. The SMILES string of the molecule is O=C1C(c2ccc(C3C(=O)N4C=CC=CC4N(c4ccccc4)C3=O)cc2)C(=O)[n+]2ccccc2N1c1ccccc1. The highest BCUT2D eigenvalue weighted by molar-refractivity contribution is 6.16. The second-order valence-corrected chi connectivity index (χ2v) is 10.2. The summed E-state index contributed by atoms with van der Waals surface area (Å²) in [6, 6.07) is 30.4. The molecule has 3 aliphatic heterocycles. The van der Waals surface area contributed by atoms with Gasteiger partial charge in [-0.05, 0) is 53.6 Å². The van der Waals surface area contributed by atoms with Crippen LogP contribution in [0.5, 0.6) is 0 Å². The monoisotopic (exact) mass is 553 g/mol. The van der Waals surface area contributed by atoms with Crippen molar-refractivity contribution < 1.29 is 23.7 Å². The highest BCUT2D eigenvalue weighted by atomic mass is 16.2. The van der Waals surface area contributed by atoms with Gasteiger partial charge in [0.15, 0.2) is 5.92 Å². The third kappa shape index (κ3) is 3.96. The summed E-state index contributed by atoms with van der Waals surface area (Å²) in [5, 5.41) is 0. The van der Waals surface area contributed by atoms with Crippen LogP contribution in [-0.2, 0) is 14.4 Å². The Morgan fingerprint density at radius 2 is 1.19 bits per heavy atom. The van der Waals surface area contributed by atoms with Gasteiger partial charge in [0.05, 0.1) is 6.20 Å². The zero-order valence-corrected chi connectivity index (χ0v) is 22.4. The van der Waals surface area contributed by atoms with Crippen molar-refractivity contribution >= 4 is 40.8 Å². The van der Waals surface area contributed by atoms with Gasteiger partial charge in [0.2, 0.25) is 11.8 Å². The van der Waals surface area contributed by atoms with Gasteiger partial charge >= 0.3 is 11.8 Å². The van der Waals surface area contributed by atoms with Gasteiger partial charge in [0.25, 0.3) is 5.82 Å². The average molecular weight is 554 g/mol. The zero-order chi connectivity index (χ0) is 28.8. The van der Waals surface area contributed by atoms with Crippen molar-refractivity contribution in [2.24, 2.45) is 0 Å². The van der Waals surface area contributed by atoms with E-state index < -0.39 is 18.0 Å². The van der Waals surface area contributed by atoms with Crippen molar-refractivity contribution in [1.82, 2.24) is 4.90 Å². The van der Waals surface area contributed by atoms with Crippen molar-refractivity contribution in [3.8, 4) is 0 Å². The van der Waals surface area contributed by atoms with Crippen LogP contribution in [0, 0.1) is 0 Å². The number of carbonyl (C=O) groups excluding carboxylic acids is 4. The van der Waals surface area contributed by atoms with Crippen molar-refractivity contribution in [1.29, 1.82) is 0 Å². The second-order valence-electron chi connectivity index (χ2n) is 10.2. The van der Waals surface area contributed by atoms with E-state index in [1.165, 1.54) is 4.57 Å². The molecule has 3 aliphatic rings. The zero-order valence-electron chi connectivity index (χ0n) is 22.4. The first-order valence-electron chi connectivity index (χ1n) is 13.6. The highest BCUT2D eigenvalue weighted by Gasteiger charge is 2.49. The van der Waals surface area contributed by atoms with Crippen LogP contribution in [0.15, 0.2) is 134 Å². The van der Waals surface area contributed by atoms with Crippen LogP contribution in [0.25, 0.3) is 0 Å². The molecule has 0 N–H and O–H groups in total. The Hall–Kier alpha value is -5.63. The fraction of sp³-hybridized carbons (Fsp3) is 0.0882. The van der Waals surface area contributed by atoms with Gasteiger partial charge in [0.1, 0.15) is 17.8 Å². The van der Waals surface area contributed by atoms with E-state index >= 15 is 0 Å². The maximum absolute atomic E-state index is 13.9. The third-order valence-corrected chi connectivity index (χ3v) is 7.85. The van der Waals surface area contributed by atoms with Crippen LogP contribution in [0.1, 0.15) is 27.8 Å². The Kier molecular flexibility index (Phi) is 6.09. The molecule has 4 heterocycles. The van der Waals surface area contributed by atoms with E-state index in [4.69, 9.17) is 0 Å². The first kappa shape index (κ1) is 25.3. The molecule has 8 nitrogen and oxygen atoms in total. The minimum atomic E-state index is -1.10. The summed E-state index contributed by atoms with van der Waals surface area (Å²) >= 11 is 0. The number of nitrogens with zero attached hydrogens (tertiary/aromatic N) is 4. The minimum absolute atomic E-state index is 0.338. The number of rotatable bonds is 4. The maximum Gasteiger partial charge on any atom is 0.334 e. The quantitative estimate of drug-likeness (QED) is 0.276. The number of hydrogen-bond acceptors (Lipinski definition) is 4. The molecule has 204 valence electrons. The van der Waals surface area contributed by atoms with Crippen LogP contribution in [0.2, 0.25) is 0 Å². The molecule has 1 saturated heterocycles. The van der Waals surface area contributed by atoms with Crippen LogP contribution < -0.4 is 14.4 Å². The molecule has 8 heteroatoms. The van der Waals surface area contributed by atoms with Crippen LogP contribution in [0.3, 0.4) is 0 Å². The summed E-state index contributed by atoms with van der Waals surface area (Å²) in [5.41, 5.74) is 2.29. The second kappa shape index (κ2) is 10.1. The van der Waals surface area contributed by atoms with Gasteiger partial charge in [-0.3, -0.25) is 19.4 Å². The molecule has 0 radical (unpaired) electrons. The van der Waals surface area contributed by atoms with Crippen LogP contribution in [0.4, 0.5) is 17.2 Å². The Bertz CT molecular complexity index is 1780. The number of anilines is 3. The number of para-hydroxylation sites is 2. The van der Waals surface area contributed by atoms with Crippen molar-refractivity contribution in [3.63, 3.8) is 0 Å². The fourth-order valence-corrected chi connectivity index (χ4v) is 5.87. The number of aromatic nitrogens is 1. The summed E-state index contributed by atoms with van der Waals surface area (Å²) in [7, 11) is 0. The van der Waals surface area contributed by atoms with E-state index in [0.717, 1.165) is 0 Å². The highest BCUT2D eigenvalue weighted by Crippen LogP contribution is 2.36. The van der Waals surface area contributed by atoms with Gasteiger partial charge < -0.3 is 0 Å². The molecule has 0 saturated carbocycles. The molecular weight excluding hydrogens is 528 g/mol. The molecule has 7 rings (SSSR count). The number of fused-ring (bicyclic) bond motifs is 2. The molecule has 0 spiro atoms. The largest absolute Gasteiger partial charge is 0.334 e. The molecule has 3 atom stereocenters. The summed E-state index contributed by atoms with van der Waals surface area (Å²) in [6.07, 6.45) is 8.17. The molecule has 3 aromatic carbocycles. The van der Waals surface area contributed by atoms with E-state index in [0.29, 0.717) is 28.3 Å². The van der Waals surface area contributed by atoms with E-state index in [1.807, 2.05) is 72.8 Å². The lowest BCUT2D eigenvalue weighted by molar-refractivity contribution is -0.563. The molecule has 0 bridgehead atoms. The Balaban J connectivity index is 1.26. The molecule has 1 fully saturated rings. The summed E-state index contributed by atoms with van der Waals surface area (Å²) in [5.74, 6) is -3.15. The van der Waals surface area contributed by atoms with E-state index in [1.54, 1.807) is 75.6 Å². The molecule has 42 heavy (non-hydrogen) atoms. The minimum Gasteiger partial charge on any atom is -0.293 e. The van der Waals surface area contributed by atoms with Crippen molar-refractivity contribution in [3.05, 3.63) is 145 Å². The number of carbonyl (C=O) groups is 4. The standard InChI is InChI=1S/C34H25N4O4/c39-31-29(33(41)37(25-11-3-1-4-12-25)27-15-7-9-21-35(27)31)23-17-19-24(20-18-23)30-32(40)36-22-10-8-16-28(36)38(34(30)42)26-13-5-2-6-14-26/h1-22,27,29-30H/q+1. The lowest BCUT2D eigenvalue weighted by Crippen LogP contribution is -2.60. The third-order valence-electron chi connectivity index (χ3n) is 7.85. The number of allylic oxidation sites excluding steroid dienone is 2. The Labute approximate surface area is 242 Å². The maximum atomic E-state index is 13.9. The predicted octanol–water partition coefficient (Wildman–Crippen LogP) is 4.45. The topological polar surface area (TPSA) is 81.9 Å². The number of hydrogen-bond donors (Lipinski definition) is 0. The van der Waals surface area contributed by atoms with Gasteiger partial charge in [-0.15, -0.1) is 0 Å². The molecule has 3 amide bonds.